The molecule has 1 aliphatic heterocycles. The SMILES string of the molecule is CC1(C(=O)CN2C(=O)C(NC(=O)OCc3ccccc3)N=C(c3ccccc3)c3ccccc32)CC1. The second-order valence-electron chi connectivity index (χ2n) is 9.38. The number of aliphatic imine (C=N–C) groups is 1. The molecule has 3 aromatic rings. The first-order valence-electron chi connectivity index (χ1n) is 12.0. The lowest BCUT2D eigenvalue weighted by molar-refractivity contribution is -0.126. The Morgan fingerprint density at radius 3 is 2.31 bits per heavy atom. The number of hydrogen-bond donors (Lipinski definition) is 1. The van der Waals surface area contributed by atoms with Gasteiger partial charge in [0.25, 0.3) is 5.91 Å². The highest BCUT2D eigenvalue weighted by atomic mass is 16.5. The molecule has 1 heterocycles. The maximum absolute atomic E-state index is 13.8. The maximum Gasteiger partial charge on any atom is 0.409 e. The lowest BCUT2D eigenvalue weighted by Crippen LogP contribution is -2.49. The van der Waals surface area contributed by atoms with Crippen molar-refractivity contribution in [1.29, 1.82) is 0 Å². The van der Waals surface area contributed by atoms with Crippen LogP contribution in [0, 0.1) is 5.41 Å². The van der Waals surface area contributed by atoms with Crippen LogP contribution in [0.25, 0.3) is 0 Å². The molecule has 0 saturated heterocycles. The second-order valence-corrected chi connectivity index (χ2v) is 9.38. The van der Waals surface area contributed by atoms with Gasteiger partial charge < -0.3 is 9.64 Å². The van der Waals surface area contributed by atoms with E-state index >= 15 is 0 Å². The molecule has 5 rings (SSSR count). The molecule has 7 heteroatoms. The van der Waals surface area contributed by atoms with E-state index in [0.29, 0.717) is 17.0 Å². The van der Waals surface area contributed by atoms with Gasteiger partial charge in [0.2, 0.25) is 6.17 Å². The lowest BCUT2D eigenvalue weighted by Gasteiger charge is -2.26. The van der Waals surface area contributed by atoms with Crippen LogP contribution in [0.2, 0.25) is 0 Å². The van der Waals surface area contributed by atoms with Gasteiger partial charge in [0.15, 0.2) is 5.78 Å². The molecule has 0 aromatic heterocycles. The lowest BCUT2D eigenvalue weighted by atomic mass is 9.99. The van der Waals surface area contributed by atoms with Gasteiger partial charge in [-0.3, -0.25) is 14.9 Å². The van der Waals surface area contributed by atoms with Crippen LogP contribution < -0.4 is 10.2 Å². The number of ketones is 1. The van der Waals surface area contributed by atoms with Gasteiger partial charge in [0, 0.05) is 16.5 Å². The number of nitrogens with zero attached hydrogens (tertiary/aromatic N) is 2. The summed E-state index contributed by atoms with van der Waals surface area (Å²) in [5.74, 6) is -0.484. The van der Waals surface area contributed by atoms with Crippen molar-refractivity contribution in [1.82, 2.24) is 5.32 Å². The Morgan fingerprint density at radius 2 is 1.61 bits per heavy atom. The summed E-state index contributed by atoms with van der Waals surface area (Å²) in [7, 11) is 0. The predicted octanol–water partition coefficient (Wildman–Crippen LogP) is 4.49. The van der Waals surface area contributed by atoms with Crippen molar-refractivity contribution in [2.45, 2.75) is 32.5 Å². The minimum Gasteiger partial charge on any atom is -0.445 e. The van der Waals surface area contributed by atoms with Crippen LogP contribution >= 0.6 is 0 Å². The zero-order valence-electron chi connectivity index (χ0n) is 20.0. The molecule has 1 unspecified atom stereocenters. The smallest absolute Gasteiger partial charge is 0.409 e. The van der Waals surface area contributed by atoms with Crippen LogP contribution in [0.3, 0.4) is 0 Å². The number of carbonyl (C=O) groups is 3. The van der Waals surface area contributed by atoms with Crippen LogP contribution in [0.15, 0.2) is 89.9 Å². The summed E-state index contributed by atoms with van der Waals surface area (Å²) in [5.41, 5.74) is 3.08. The molecule has 1 saturated carbocycles. The van der Waals surface area contributed by atoms with Crippen molar-refractivity contribution in [3.8, 4) is 0 Å². The molecular weight excluding hydrogens is 454 g/mol. The highest BCUT2D eigenvalue weighted by Gasteiger charge is 2.46. The molecule has 3 aromatic carbocycles. The molecular formula is C29H27N3O4. The van der Waals surface area contributed by atoms with Crippen molar-refractivity contribution in [2.75, 3.05) is 11.4 Å². The summed E-state index contributed by atoms with van der Waals surface area (Å²) in [6.07, 6.45) is -0.390. The number of hydrogen-bond acceptors (Lipinski definition) is 5. The first-order valence-corrected chi connectivity index (χ1v) is 12.0. The number of ether oxygens (including phenoxy) is 1. The van der Waals surface area contributed by atoms with Crippen molar-refractivity contribution in [2.24, 2.45) is 10.4 Å². The third kappa shape index (κ3) is 4.91. The average Bonchev–Trinajstić information content (AvgIpc) is 3.68. The molecule has 1 aliphatic carbocycles. The number of nitrogens with one attached hydrogen (secondary N) is 1. The number of benzodiazepines with no additional fused rings is 1. The monoisotopic (exact) mass is 481 g/mol. The third-order valence-electron chi connectivity index (χ3n) is 6.70. The predicted molar refractivity (Wildman–Crippen MR) is 137 cm³/mol. The summed E-state index contributed by atoms with van der Waals surface area (Å²) in [6.45, 7) is 1.90. The Kier molecular flexibility index (Phi) is 6.38. The first-order chi connectivity index (χ1) is 17.4. The van der Waals surface area contributed by atoms with Gasteiger partial charge in [-0.2, -0.15) is 0 Å². The molecule has 2 amide bonds. The Morgan fingerprint density at radius 1 is 0.972 bits per heavy atom. The van der Waals surface area contributed by atoms with Gasteiger partial charge in [0.1, 0.15) is 6.61 Å². The van der Waals surface area contributed by atoms with Crippen molar-refractivity contribution >= 4 is 29.2 Å². The van der Waals surface area contributed by atoms with Crippen LogP contribution in [-0.4, -0.2) is 36.2 Å². The van der Waals surface area contributed by atoms with Crippen LogP contribution in [0.1, 0.15) is 36.5 Å². The highest BCUT2D eigenvalue weighted by Crippen LogP contribution is 2.46. The first kappa shape index (κ1) is 23.5. The third-order valence-corrected chi connectivity index (χ3v) is 6.70. The minimum absolute atomic E-state index is 0.000724. The van der Waals surface area contributed by atoms with Crippen molar-refractivity contribution in [3.05, 3.63) is 102 Å². The molecule has 1 fully saturated rings. The number of fused-ring (bicyclic) bond motifs is 1. The van der Waals surface area contributed by atoms with E-state index in [1.54, 1.807) is 0 Å². The molecule has 36 heavy (non-hydrogen) atoms. The number of rotatable bonds is 7. The number of carbonyl (C=O) groups excluding carboxylic acids is 3. The number of alkyl carbamates (subject to hydrolysis) is 1. The Hall–Kier alpha value is -4.26. The van der Waals surface area contributed by atoms with E-state index in [1.807, 2.05) is 91.9 Å². The summed E-state index contributed by atoms with van der Waals surface area (Å²) < 4.78 is 5.36. The number of para-hydroxylation sites is 1. The molecule has 2 aliphatic rings. The van der Waals surface area contributed by atoms with E-state index in [9.17, 15) is 14.4 Å². The second kappa shape index (κ2) is 9.77. The van der Waals surface area contributed by atoms with E-state index in [2.05, 4.69) is 5.32 Å². The summed E-state index contributed by atoms with van der Waals surface area (Å²) in [6, 6.07) is 26.1. The summed E-state index contributed by atoms with van der Waals surface area (Å²) >= 11 is 0. The zero-order chi connectivity index (χ0) is 25.1. The van der Waals surface area contributed by atoms with Crippen LogP contribution in [0.4, 0.5) is 10.5 Å². The van der Waals surface area contributed by atoms with Gasteiger partial charge in [0.05, 0.1) is 17.9 Å². The molecule has 0 spiro atoms. The fraction of sp³-hybridized carbons (Fsp3) is 0.241. The zero-order valence-corrected chi connectivity index (χ0v) is 20.0. The maximum atomic E-state index is 13.8. The van der Waals surface area contributed by atoms with Gasteiger partial charge >= 0.3 is 6.09 Å². The highest BCUT2D eigenvalue weighted by molar-refractivity contribution is 6.21. The minimum atomic E-state index is -1.25. The Balaban J connectivity index is 1.48. The van der Waals surface area contributed by atoms with Crippen LogP contribution in [-0.2, 0) is 20.9 Å². The van der Waals surface area contributed by atoms with Crippen LogP contribution in [0.5, 0.6) is 0 Å². The molecule has 182 valence electrons. The molecule has 1 atom stereocenters. The van der Waals surface area contributed by atoms with Crippen molar-refractivity contribution in [3.63, 3.8) is 0 Å². The quantitative estimate of drug-likeness (QED) is 0.539. The summed E-state index contributed by atoms with van der Waals surface area (Å²) in [5, 5.41) is 2.62. The Labute approximate surface area is 209 Å². The molecule has 0 radical (unpaired) electrons. The molecule has 7 nitrogen and oxygen atoms in total. The van der Waals surface area contributed by atoms with Gasteiger partial charge in [-0.15, -0.1) is 0 Å². The van der Waals surface area contributed by atoms with Gasteiger partial charge in [-0.1, -0.05) is 85.8 Å². The fourth-order valence-corrected chi connectivity index (χ4v) is 4.19. The largest absolute Gasteiger partial charge is 0.445 e. The Bertz CT molecular complexity index is 1320. The van der Waals surface area contributed by atoms with Gasteiger partial charge in [-0.25, -0.2) is 9.79 Å². The summed E-state index contributed by atoms with van der Waals surface area (Å²) in [4.78, 5) is 45.7. The molecule has 1 N–H and O–H groups in total. The van der Waals surface area contributed by atoms with E-state index in [4.69, 9.17) is 9.73 Å². The van der Waals surface area contributed by atoms with E-state index in [0.717, 1.165) is 24.0 Å². The van der Waals surface area contributed by atoms with E-state index in [-0.39, 0.29) is 18.9 Å². The van der Waals surface area contributed by atoms with Gasteiger partial charge in [-0.05, 0) is 24.5 Å². The number of benzene rings is 3. The average molecular weight is 482 g/mol. The molecule has 0 bridgehead atoms. The topological polar surface area (TPSA) is 88.1 Å². The van der Waals surface area contributed by atoms with E-state index in [1.165, 1.54) is 4.90 Å². The standard InChI is InChI=1S/C29H27N3O4/c1-29(16-17-29)24(33)18-32-23-15-9-8-14-22(23)25(21-12-6-3-7-13-21)30-26(27(32)34)31-28(35)36-19-20-10-4-2-5-11-20/h2-15,26H,16-19H2,1H3,(H,31,35). The number of Topliss-reactive ketones (excluding diaryl/α,β-unsaturated/α-hetero) is 1. The normalized spacial score (nSPS) is 17.9. The fourth-order valence-electron chi connectivity index (χ4n) is 4.19. The van der Waals surface area contributed by atoms with Crippen molar-refractivity contribution < 1.29 is 19.1 Å². The number of anilines is 1. The van der Waals surface area contributed by atoms with E-state index < -0.39 is 23.6 Å². The number of amides is 2.